The van der Waals surface area contributed by atoms with Crippen molar-refractivity contribution in [3.05, 3.63) is 0 Å². The van der Waals surface area contributed by atoms with Gasteiger partial charge in [0.15, 0.2) is 0 Å². The number of amides is 2. The lowest BCUT2D eigenvalue weighted by Crippen LogP contribution is -2.66. The number of nitrogens with two attached hydrogens (primary N) is 1. The summed E-state index contributed by atoms with van der Waals surface area (Å²) in [4.78, 5) is 70.1. The van der Waals surface area contributed by atoms with Crippen molar-refractivity contribution in [2.75, 3.05) is 6.61 Å². The summed E-state index contributed by atoms with van der Waals surface area (Å²) in [6.07, 6.45) is -4.23. The van der Waals surface area contributed by atoms with Crippen molar-refractivity contribution in [1.29, 1.82) is 0 Å². The number of hydrogen-bond donors (Lipinski definition) is 2. The zero-order valence-electron chi connectivity index (χ0n) is 18.5. The van der Waals surface area contributed by atoms with Crippen LogP contribution in [-0.4, -0.2) is 72.4 Å². The van der Waals surface area contributed by atoms with Gasteiger partial charge in [0.1, 0.15) is 18.8 Å². The molecule has 13 nitrogen and oxygen atoms in total. The second-order valence-corrected chi connectivity index (χ2v) is 7.22. The first-order chi connectivity index (χ1) is 14.8. The number of carbonyl (C=O) groups excluding carboxylic acids is 6. The molecule has 2 amide bonds. The van der Waals surface area contributed by atoms with E-state index in [4.69, 9.17) is 29.4 Å². The van der Waals surface area contributed by atoms with Crippen LogP contribution in [0.4, 0.5) is 0 Å². The molecule has 32 heavy (non-hydrogen) atoms. The third kappa shape index (κ3) is 8.13. The maximum absolute atomic E-state index is 12.2. The molecule has 0 radical (unpaired) electrons. The Morgan fingerprint density at radius 1 is 1.00 bits per heavy atom. The third-order valence-corrected chi connectivity index (χ3v) is 4.28. The summed E-state index contributed by atoms with van der Waals surface area (Å²) < 4.78 is 26.1. The molecule has 1 aliphatic heterocycles. The van der Waals surface area contributed by atoms with Crippen molar-refractivity contribution in [2.45, 2.75) is 77.6 Å². The number of carbonyl (C=O) groups is 6. The highest BCUT2D eigenvalue weighted by atomic mass is 16.7. The van der Waals surface area contributed by atoms with Crippen molar-refractivity contribution < 1.29 is 52.5 Å². The van der Waals surface area contributed by atoms with Crippen molar-refractivity contribution in [2.24, 2.45) is 5.73 Å². The molecule has 180 valence electrons. The zero-order valence-corrected chi connectivity index (χ0v) is 18.5. The molecule has 2 unspecified atom stereocenters. The maximum atomic E-state index is 12.2. The van der Waals surface area contributed by atoms with Gasteiger partial charge in [-0.05, 0) is 0 Å². The average molecular weight is 460 g/mol. The molecule has 0 saturated carbocycles. The first kappa shape index (κ1) is 26.8. The summed E-state index contributed by atoms with van der Waals surface area (Å²) >= 11 is 0. The number of ether oxygens (including phenoxy) is 5. The second kappa shape index (κ2) is 11.4. The van der Waals surface area contributed by atoms with Gasteiger partial charge in [0.25, 0.3) is 11.7 Å². The molecule has 0 aromatic carbocycles. The van der Waals surface area contributed by atoms with Gasteiger partial charge in [-0.2, -0.15) is 0 Å². The van der Waals surface area contributed by atoms with Crippen molar-refractivity contribution in [3.8, 4) is 0 Å². The summed E-state index contributed by atoms with van der Waals surface area (Å²) in [7, 11) is 0. The zero-order chi connectivity index (χ0) is 24.6. The first-order valence-electron chi connectivity index (χ1n) is 9.68. The van der Waals surface area contributed by atoms with Gasteiger partial charge in [-0.25, -0.2) is 0 Å². The topological polar surface area (TPSA) is 187 Å². The molecule has 5 atom stereocenters. The molecular formula is C19H28N2O11. The average Bonchev–Trinajstić information content (AvgIpc) is 2.60. The normalized spacial score (nSPS) is 25.6. The molecule has 13 heteroatoms. The van der Waals surface area contributed by atoms with Crippen LogP contribution in [0.2, 0.25) is 0 Å². The number of rotatable bonds is 9. The molecule has 0 bridgehead atoms. The van der Waals surface area contributed by atoms with Crippen molar-refractivity contribution >= 4 is 35.7 Å². The molecule has 1 fully saturated rings. The Kier molecular flexibility index (Phi) is 9.56. The van der Waals surface area contributed by atoms with Gasteiger partial charge in [0.2, 0.25) is 5.91 Å². The minimum Gasteiger partial charge on any atom is -0.462 e. The fourth-order valence-electron chi connectivity index (χ4n) is 3.30. The van der Waals surface area contributed by atoms with E-state index in [-0.39, 0.29) is 13.0 Å². The van der Waals surface area contributed by atoms with E-state index < -0.39 is 72.3 Å². The predicted octanol–water partition coefficient (Wildman–Crippen LogP) is -1.16. The highest BCUT2D eigenvalue weighted by molar-refractivity contribution is 5.85. The van der Waals surface area contributed by atoms with Crippen LogP contribution in [0.3, 0.4) is 0 Å². The number of nitrogens with one attached hydrogen (secondary N) is 1. The van der Waals surface area contributed by atoms with E-state index in [9.17, 15) is 28.8 Å². The van der Waals surface area contributed by atoms with Gasteiger partial charge < -0.3 is 34.7 Å². The summed E-state index contributed by atoms with van der Waals surface area (Å²) in [5, 5.41) is 2.56. The second-order valence-electron chi connectivity index (χ2n) is 7.22. The van der Waals surface area contributed by atoms with E-state index >= 15 is 0 Å². The molecule has 0 aliphatic carbocycles. The molecule has 0 aromatic rings. The van der Waals surface area contributed by atoms with Crippen LogP contribution >= 0.6 is 0 Å². The number of hydrogen-bond acceptors (Lipinski definition) is 11. The van der Waals surface area contributed by atoms with Crippen LogP contribution in [0.5, 0.6) is 0 Å². The highest BCUT2D eigenvalue weighted by Gasteiger charge is 2.55. The van der Waals surface area contributed by atoms with Crippen LogP contribution in [0, 0.1) is 0 Å². The van der Waals surface area contributed by atoms with Gasteiger partial charge in [0.05, 0.1) is 18.6 Å². The van der Waals surface area contributed by atoms with Gasteiger partial charge >= 0.3 is 23.9 Å². The van der Waals surface area contributed by atoms with Gasteiger partial charge in [-0.3, -0.25) is 28.8 Å². The first-order valence-corrected chi connectivity index (χ1v) is 9.68. The van der Waals surface area contributed by atoms with E-state index in [1.165, 1.54) is 6.92 Å². The van der Waals surface area contributed by atoms with Gasteiger partial charge in [-0.15, -0.1) is 0 Å². The van der Waals surface area contributed by atoms with Crippen molar-refractivity contribution in [1.82, 2.24) is 5.32 Å². The molecule has 0 aromatic heterocycles. The van der Waals surface area contributed by atoms with Crippen LogP contribution in [-0.2, 0) is 52.5 Å². The standard InChI is InChI=1S/C19H28N2O11/c1-9(22)21-17-15(6-14(29-11(3)24)8-28-10(2)23)32-19(18(20)27,31-13(5)26)7-16(17)30-12(4)25/h14-17H,6-8H2,1-5H3,(H2,20,27)(H,21,22)/t14?,15?,16-,17+,19+/m1/s1. The molecule has 3 N–H and O–H groups in total. The van der Waals surface area contributed by atoms with Crippen LogP contribution < -0.4 is 11.1 Å². The molecule has 1 saturated heterocycles. The Balaban J connectivity index is 3.40. The molecule has 1 aliphatic rings. The van der Waals surface area contributed by atoms with E-state index in [0.29, 0.717) is 0 Å². The van der Waals surface area contributed by atoms with E-state index in [1.807, 2.05) is 0 Å². The van der Waals surface area contributed by atoms with Crippen LogP contribution in [0.1, 0.15) is 47.5 Å². The van der Waals surface area contributed by atoms with E-state index in [2.05, 4.69) is 5.32 Å². The lowest BCUT2D eigenvalue weighted by molar-refractivity contribution is -0.279. The lowest BCUT2D eigenvalue weighted by atomic mass is 9.89. The highest BCUT2D eigenvalue weighted by Crippen LogP contribution is 2.35. The molecule has 1 rings (SSSR count). The van der Waals surface area contributed by atoms with Crippen molar-refractivity contribution in [3.63, 3.8) is 0 Å². The predicted molar refractivity (Wildman–Crippen MR) is 103 cm³/mol. The largest absolute Gasteiger partial charge is 0.462 e. The Morgan fingerprint density at radius 2 is 1.62 bits per heavy atom. The fraction of sp³-hybridized carbons (Fsp3) is 0.684. The van der Waals surface area contributed by atoms with E-state index in [1.54, 1.807) is 0 Å². The third-order valence-electron chi connectivity index (χ3n) is 4.28. The van der Waals surface area contributed by atoms with Crippen LogP contribution in [0.25, 0.3) is 0 Å². The number of primary amides is 1. The monoisotopic (exact) mass is 460 g/mol. The Hall–Kier alpha value is -3.22. The Labute approximate surface area is 184 Å². The minimum absolute atomic E-state index is 0.244. The smallest absolute Gasteiger partial charge is 0.305 e. The van der Waals surface area contributed by atoms with Gasteiger partial charge in [0, 0.05) is 41.0 Å². The van der Waals surface area contributed by atoms with E-state index in [0.717, 1.165) is 27.7 Å². The molecule has 1 heterocycles. The summed E-state index contributed by atoms with van der Waals surface area (Å²) in [5.41, 5.74) is 5.44. The summed E-state index contributed by atoms with van der Waals surface area (Å²) in [6, 6.07) is -1.05. The Morgan fingerprint density at radius 3 is 2.06 bits per heavy atom. The van der Waals surface area contributed by atoms with Gasteiger partial charge in [-0.1, -0.05) is 0 Å². The van der Waals surface area contributed by atoms with Crippen LogP contribution in [0.15, 0.2) is 0 Å². The summed E-state index contributed by atoms with van der Waals surface area (Å²) in [5.74, 6) is -7.03. The number of esters is 4. The summed E-state index contributed by atoms with van der Waals surface area (Å²) in [6.45, 7) is 5.24. The SMILES string of the molecule is CC(=O)N[C@H]1C(CC(COC(C)=O)OC(C)=O)O[C@](OC(C)=O)(C(N)=O)C[C@H]1OC(C)=O. The quantitative estimate of drug-likeness (QED) is 0.312. The molecular weight excluding hydrogens is 432 g/mol. The maximum Gasteiger partial charge on any atom is 0.305 e. The minimum atomic E-state index is -2.33. The molecule has 0 spiro atoms. The Bertz CT molecular complexity index is 768. The lowest BCUT2D eigenvalue weighted by Gasteiger charge is -2.46. The fourth-order valence-corrected chi connectivity index (χ4v) is 3.30.